The van der Waals surface area contributed by atoms with E-state index in [0.717, 1.165) is 14.8 Å². The van der Waals surface area contributed by atoms with Gasteiger partial charge in [-0.3, -0.25) is 9.59 Å². The van der Waals surface area contributed by atoms with Crippen molar-refractivity contribution in [2.75, 3.05) is 26.2 Å². The molecule has 1 aromatic heterocycles. The van der Waals surface area contributed by atoms with Crippen molar-refractivity contribution in [1.29, 1.82) is 0 Å². The van der Waals surface area contributed by atoms with E-state index < -0.39 is 12.1 Å². The van der Waals surface area contributed by atoms with Gasteiger partial charge in [0, 0.05) is 31.1 Å². The van der Waals surface area contributed by atoms with Gasteiger partial charge in [0.2, 0.25) is 5.91 Å². The normalized spacial score (nSPS) is 16.4. The van der Waals surface area contributed by atoms with Gasteiger partial charge in [0.05, 0.1) is 17.1 Å². The zero-order valence-corrected chi connectivity index (χ0v) is 13.8. The zero-order valence-electron chi connectivity index (χ0n) is 12.9. The van der Waals surface area contributed by atoms with Crippen LogP contribution in [0.2, 0.25) is 0 Å². The Balaban J connectivity index is 1.96. The van der Waals surface area contributed by atoms with Crippen LogP contribution in [0.15, 0.2) is 0 Å². The molecule has 0 N–H and O–H groups in total. The molecule has 0 aromatic carbocycles. The lowest BCUT2D eigenvalue weighted by Gasteiger charge is -2.22. The molecule has 0 aliphatic carbocycles. The van der Waals surface area contributed by atoms with Crippen LogP contribution in [-0.2, 0) is 16.0 Å². The van der Waals surface area contributed by atoms with Gasteiger partial charge in [0.25, 0.3) is 0 Å². The van der Waals surface area contributed by atoms with E-state index in [2.05, 4.69) is 4.98 Å². The lowest BCUT2D eigenvalue weighted by molar-refractivity contribution is -0.185. The molecule has 0 radical (unpaired) electrons. The highest BCUT2D eigenvalue weighted by Gasteiger charge is 2.42. The molecule has 1 fully saturated rings. The Morgan fingerprint density at radius 1 is 1.13 bits per heavy atom. The number of halogens is 3. The highest BCUT2D eigenvalue weighted by molar-refractivity contribution is 7.11. The van der Waals surface area contributed by atoms with Crippen molar-refractivity contribution < 1.29 is 22.8 Å². The van der Waals surface area contributed by atoms with Gasteiger partial charge in [-0.05, 0) is 20.3 Å². The van der Waals surface area contributed by atoms with E-state index in [4.69, 9.17) is 0 Å². The molecule has 0 bridgehead atoms. The third-order valence-electron chi connectivity index (χ3n) is 3.70. The molecule has 9 heteroatoms. The number of hydrogen-bond acceptors (Lipinski definition) is 4. The predicted octanol–water partition coefficient (Wildman–Crippen LogP) is 1.93. The number of alkyl halides is 3. The SMILES string of the molecule is Cc1nc(CC(=O)N2CCCN(C(=O)C(F)(F)F)CC2)c(C)s1. The molecular formula is C14H18F3N3O2S. The van der Waals surface area contributed by atoms with Crippen molar-refractivity contribution in [3.8, 4) is 0 Å². The van der Waals surface area contributed by atoms with Gasteiger partial charge >= 0.3 is 12.1 Å². The molecule has 0 atom stereocenters. The molecule has 0 unspecified atom stereocenters. The summed E-state index contributed by atoms with van der Waals surface area (Å²) in [5, 5.41) is 0.878. The van der Waals surface area contributed by atoms with Crippen molar-refractivity contribution in [2.24, 2.45) is 0 Å². The first-order chi connectivity index (χ1) is 10.7. The summed E-state index contributed by atoms with van der Waals surface area (Å²) in [4.78, 5) is 31.2. The van der Waals surface area contributed by atoms with E-state index >= 15 is 0 Å². The van der Waals surface area contributed by atoms with E-state index in [0.29, 0.717) is 18.7 Å². The molecule has 1 aromatic rings. The molecule has 0 spiro atoms. The number of thiazole rings is 1. The third-order valence-corrected chi connectivity index (χ3v) is 4.63. The summed E-state index contributed by atoms with van der Waals surface area (Å²) in [5.74, 6) is -2.00. The van der Waals surface area contributed by atoms with E-state index in [1.165, 1.54) is 16.2 Å². The summed E-state index contributed by atoms with van der Waals surface area (Å²) in [7, 11) is 0. The van der Waals surface area contributed by atoms with Crippen LogP contribution < -0.4 is 0 Å². The van der Waals surface area contributed by atoms with E-state index in [1.54, 1.807) is 0 Å². The molecule has 1 aliphatic heterocycles. The monoisotopic (exact) mass is 349 g/mol. The first kappa shape index (κ1) is 17.7. The smallest absolute Gasteiger partial charge is 0.341 e. The number of rotatable bonds is 2. The van der Waals surface area contributed by atoms with Crippen LogP contribution in [0, 0.1) is 13.8 Å². The second-order valence-corrected chi connectivity index (χ2v) is 6.84. The molecule has 1 aliphatic rings. The van der Waals surface area contributed by atoms with Gasteiger partial charge in [0.1, 0.15) is 0 Å². The third kappa shape index (κ3) is 4.43. The summed E-state index contributed by atoms with van der Waals surface area (Å²) in [6, 6.07) is 0. The number of amides is 2. The fourth-order valence-corrected chi connectivity index (χ4v) is 3.37. The topological polar surface area (TPSA) is 53.5 Å². The summed E-state index contributed by atoms with van der Waals surface area (Å²) < 4.78 is 37.4. The lowest BCUT2D eigenvalue weighted by Crippen LogP contribution is -2.43. The number of aromatic nitrogens is 1. The van der Waals surface area contributed by atoms with Gasteiger partial charge < -0.3 is 9.80 Å². The molecule has 128 valence electrons. The quantitative estimate of drug-likeness (QED) is 0.820. The Morgan fingerprint density at radius 3 is 2.30 bits per heavy atom. The molecule has 23 heavy (non-hydrogen) atoms. The summed E-state index contributed by atoms with van der Waals surface area (Å²) >= 11 is 1.51. The van der Waals surface area contributed by atoms with E-state index in [-0.39, 0.29) is 32.0 Å². The van der Waals surface area contributed by atoms with Crippen LogP contribution in [0.1, 0.15) is 22.0 Å². The molecule has 2 heterocycles. The average Bonchev–Trinajstić information content (AvgIpc) is 2.67. The fourth-order valence-electron chi connectivity index (χ4n) is 2.54. The number of aryl methyl sites for hydroxylation is 2. The summed E-state index contributed by atoms with van der Waals surface area (Å²) in [6.07, 6.45) is -4.39. The second-order valence-electron chi connectivity index (χ2n) is 5.44. The van der Waals surface area contributed by atoms with Gasteiger partial charge in [-0.15, -0.1) is 11.3 Å². The first-order valence-corrected chi connectivity index (χ1v) is 8.07. The van der Waals surface area contributed by atoms with Crippen LogP contribution in [0.25, 0.3) is 0 Å². The first-order valence-electron chi connectivity index (χ1n) is 7.25. The highest BCUT2D eigenvalue weighted by Crippen LogP contribution is 2.20. The minimum Gasteiger partial charge on any atom is -0.341 e. The molecule has 0 saturated carbocycles. The molecule has 5 nitrogen and oxygen atoms in total. The van der Waals surface area contributed by atoms with Gasteiger partial charge in [-0.1, -0.05) is 0 Å². The Kier molecular flexibility index (Phi) is 5.28. The van der Waals surface area contributed by atoms with E-state index in [1.807, 2.05) is 13.8 Å². The Bertz CT molecular complexity index is 601. The minimum atomic E-state index is -4.87. The van der Waals surface area contributed by atoms with Gasteiger partial charge in [-0.25, -0.2) is 4.98 Å². The number of carbonyl (C=O) groups is 2. The zero-order chi connectivity index (χ0) is 17.2. The van der Waals surface area contributed by atoms with Crippen molar-refractivity contribution in [2.45, 2.75) is 32.9 Å². The molecular weight excluding hydrogens is 331 g/mol. The number of nitrogens with zero attached hydrogens (tertiary/aromatic N) is 3. The van der Waals surface area contributed by atoms with E-state index in [9.17, 15) is 22.8 Å². The van der Waals surface area contributed by atoms with Gasteiger partial charge in [-0.2, -0.15) is 13.2 Å². The average molecular weight is 349 g/mol. The number of hydrogen-bond donors (Lipinski definition) is 0. The lowest BCUT2D eigenvalue weighted by atomic mass is 10.2. The molecule has 2 rings (SSSR count). The standard InChI is InChI=1S/C14H18F3N3O2S/c1-9-11(18-10(2)23-9)8-12(21)19-4-3-5-20(7-6-19)13(22)14(15,16)17/h3-8H2,1-2H3. The Morgan fingerprint density at radius 2 is 1.74 bits per heavy atom. The van der Waals surface area contributed by atoms with Crippen LogP contribution >= 0.6 is 11.3 Å². The summed E-state index contributed by atoms with van der Waals surface area (Å²) in [5.41, 5.74) is 0.713. The maximum Gasteiger partial charge on any atom is 0.471 e. The van der Waals surface area contributed by atoms with Crippen molar-refractivity contribution in [3.63, 3.8) is 0 Å². The molecule has 1 saturated heterocycles. The maximum atomic E-state index is 12.5. The largest absolute Gasteiger partial charge is 0.471 e. The minimum absolute atomic E-state index is 0.0109. The van der Waals surface area contributed by atoms with Crippen molar-refractivity contribution in [1.82, 2.24) is 14.8 Å². The van der Waals surface area contributed by atoms with Gasteiger partial charge in [0.15, 0.2) is 0 Å². The van der Waals surface area contributed by atoms with Crippen molar-refractivity contribution in [3.05, 3.63) is 15.6 Å². The van der Waals surface area contributed by atoms with Crippen LogP contribution in [0.4, 0.5) is 13.2 Å². The highest BCUT2D eigenvalue weighted by atomic mass is 32.1. The second kappa shape index (κ2) is 6.86. The number of carbonyl (C=O) groups excluding carboxylic acids is 2. The molecule has 2 amide bonds. The predicted molar refractivity (Wildman–Crippen MR) is 79.1 cm³/mol. The van der Waals surface area contributed by atoms with Crippen molar-refractivity contribution >= 4 is 23.2 Å². The Labute approximate surface area is 136 Å². The Hall–Kier alpha value is -1.64. The summed E-state index contributed by atoms with van der Waals surface area (Å²) in [6.45, 7) is 4.12. The van der Waals surface area contributed by atoms with Crippen LogP contribution in [-0.4, -0.2) is 59.0 Å². The van der Waals surface area contributed by atoms with Crippen LogP contribution in [0.3, 0.4) is 0 Å². The maximum absolute atomic E-state index is 12.5. The van der Waals surface area contributed by atoms with Crippen LogP contribution in [0.5, 0.6) is 0 Å². The fraction of sp³-hybridized carbons (Fsp3) is 0.643.